The zero-order valence-electron chi connectivity index (χ0n) is 12.5. The molecule has 0 saturated carbocycles. The van der Waals surface area contributed by atoms with Gasteiger partial charge in [-0.05, 0) is 57.4 Å². The summed E-state index contributed by atoms with van der Waals surface area (Å²) in [5.74, 6) is 0.674. The summed E-state index contributed by atoms with van der Waals surface area (Å²) in [6, 6.07) is 11.6. The Hall–Kier alpha value is -0.280. The van der Waals surface area contributed by atoms with Crippen molar-refractivity contribution in [2.75, 3.05) is 26.7 Å². The van der Waals surface area contributed by atoms with E-state index in [1.54, 1.807) is 0 Å². The van der Waals surface area contributed by atoms with Gasteiger partial charge >= 0.3 is 0 Å². The molecule has 1 unspecified atom stereocenters. The third-order valence-corrected chi connectivity index (χ3v) is 4.24. The fourth-order valence-corrected chi connectivity index (χ4v) is 2.77. The maximum atomic E-state index is 3.39. The van der Waals surface area contributed by atoms with Gasteiger partial charge in [-0.15, -0.1) is 24.8 Å². The minimum Gasteiger partial charge on any atom is -0.317 e. The van der Waals surface area contributed by atoms with Gasteiger partial charge in [-0.1, -0.05) is 37.3 Å². The van der Waals surface area contributed by atoms with Crippen molar-refractivity contribution >= 4 is 24.8 Å². The summed E-state index contributed by atoms with van der Waals surface area (Å²) in [7, 11) is 2.08. The Morgan fingerprint density at radius 2 is 1.75 bits per heavy atom. The predicted molar refractivity (Wildman–Crippen MR) is 92.5 cm³/mol. The molecule has 2 rings (SSSR count). The van der Waals surface area contributed by atoms with Gasteiger partial charge in [0.2, 0.25) is 0 Å². The smallest absolute Gasteiger partial charge is 0.00884 e. The number of halogens is 2. The first-order valence-electron chi connectivity index (χ1n) is 7.24. The van der Waals surface area contributed by atoms with Gasteiger partial charge in [0.1, 0.15) is 0 Å². The third kappa shape index (κ3) is 6.01. The standard InChI is InChI=1S/C16H26N2.2ClH/c1-14(15-6-4-3-5-7-15)8-11-18-12-9-16(17-2)10-13-18;;/h3-7,14,16-17H,8-13H2,1-2H3;2*1H. The number of nitrogens with one attached hydrogen (secondary N) is 1. The first-order chi connectivity index (χ1) is 8.79. The van der Waals surface area contributed by atoms with E-state index in [4.69, 9.17) is 0 Å². The van der Waals surface area contributed by atoms with E-state index in [2.05, 4.69) is 54.5 Å². The lowest BCUT2D eigenvalue weighted by atomic mass is 9.97. The number of hydrogen-bond donors (Lipinski definition) is 1. The van der Waals surface area contributed by atoms with Crippen molar-refractivity contribution in [1.29, 1.82) is 0 Å². The Kier molecular flexibility index (Phi) is 10.3. The molecule has 0 radical (unpaired) electrons. The zero-order chi connectivity index (χ0) is 12.8. The topological polar surface area (TPSA) is 15.3 Å². The van der Waals surface area contributed by atoms with Crippen LogP contribution in [0.5, 0.6) is 0 Å². The molecule has 1 N–H and O–H groups in total. The molecule has 1 saturated heterocycles. The normalized spacial score (nSPS) is 17.9. The largest absolute Gasteiger partial charge is 0.317 e. The van der Waals surface area contributed by atoms with Gasteiger partial charge in [0.05, 0.1) is 0 Å². The Morgan fingerprint density at radius 3 is 2.30 bits per heavy atom. The van der Waals surface area contributed by atoms with Crippen LogP contribution in [0.15, 0.2) is 30.3 Å². The molecule has 0 aliphatic carbocycles. The van der Waals surface area contributed by atoms with Gasteiger partial charge < -0.3 is 10.2 Å². The van der Waals surface area contributed by atoms with Gasteiger partial charge in [-0.2, -0.15) is 0 Å². The van der Waals surface area contributed by atoms with Crippen LogP contribution < -0.4 is 5.32 Å². The quantitative estimate of drug-likeness (QED) is 0.890. The second-order valence-corrected chi connectivity index (χ2v) is 5.50. The van der Waals surface area contributed by atoms with E-state index in [-0.39, 0.29) is 24.8 Å². The number of nitrogens with zero attached hydrogens (tertiary/aromatic N) is 1. The maximum Gasteiger partial charge on any atom is 0.00884 e. The van der Waals surface area contributed by atoms with Crippen LogP contribution in [0.1, 0.15) is 37.7 Å². The van der Waals surface area contributed by atoms with E-state index in [0.29, 0.717) is 5.92 Å². The number of piperidine rings is 1. The van der Waals surface area contributed by atoms with Gasteiger partial charge in [0.25, 0.3) is 0 Å². The average Bonchev–Trinajstić information content (AvgIpc) is 2.46. The summed E-state index contributed by atoms with van der Waals surface area (Å²) >= 11 is 0. The molecule has 4 heteroatoms. The summed E-state index contributed by atoms with van der Waals surface area (Å²) in [6.45, 7) is 6.10. The molecule has 1 aliphatic heterocycles. The van der Waals surface area contributed by atoms with E-state index in [0.717, 1.165) is 6.04 Å². The molecule has 1 aliphatic rings. The molecule has 1 atom stereocenters. The molecule has 1 aromatic carbocycles. The van der Waals surface area contributed by atoms with Crippen molar-refractivity contribution in [2.24, 2.45) is 0 Å². The van der Waals surface area contributed by atoms with Crippen LogP contribution in [0.4, 0.5) is 0 Å². The molecular weight excluding hydrogens is 291 g/mol. The van der Waals surface area contributed by atoms with Gasteiger partial charge in [0.15, 0.2) is 0 Å². The number of rotatable bonds is 5. The SMILES string of the molecule is CNC1CCN(CCC(C)c2ccccc2)CC1.Cl.Cl. The van der Waals surface area contributed by atoms with Gasteiger partial charge in [-0.25, -0.2) is 0 Å². The number of benzene rings is 1. The number of likely N-dealkylation sites (tertiary alicyclic amines) is 1. The Bertz CT molecular complexity index is 338. The zero-order valence-corrected chi connectivity index (χ0v) is 14.2. The minimum absolute atomic E-state index is 0. The highest BCUT2D eigenvalue weighted by Gasteiger charge is 2.17. The fraction of sp³-hybridized carbons (Fsp3) is 0.625. The Morgan fingerprint density at radius 1 is 1.15 bits per heavy atom. The lowest BCUT2D eigenvalue weighted by Crippen LogP contribution is -2.41. The van der Waals surface area contributed by atoms with E-state index in [1.807, 2.05) is 0 Å². The first kappa shape index (κ1) is 19.7. The predicted octanol–water partition coefficient (Wildman–Crippen LogP) is 3.71. The summed E-state index contributed by atoms with van der Waals surface area (Å²) in [5, 5.41) is 3.39. The monoisotopic (exact) mass is 318 g/mol. The van der Waals surface area contributed by atoms with Crippen LogP contribution in [0.25, 0.3) is 0 Å². The number of hydrogen-bond acceptors (Lipinski definition) is 2. The van der Waals surface area contributed by atoms with E-state index < -0.39 is 0 Å². The molecule has 2 nitrogen and oxygen atoms in total. The van der Waals surface area contributed by atoms with Crippen LogP contribution in [0.2, 0.25) is 0 Å². The molecule has 1 fully saturated rings. The summed E-state index contributed by atoms with van der Waals surface area (Å²) < 4.78 is 0. The van der Waals surface area contributed by atoms with Gasteiger partial charge in [0, 0.05) is 6.04 Å². The molecule has 116 valence electrons. The van der Waals surface area contributed by atoms with Crippen LogP contribution in [-0.2, 0) is 0 Å². The third-order valence-electron chi connectivity index (χ3n) is 4.24. The first-order valence-corrected chi connectivity index (χ1v) is 7.24. The van der Waals surface area contributed by atoms with Crippen molar-refractivity contribution in [3.8, 4) is 0 Å². The molecule has 0 aromatic heterocycles. The van der Waals surface area contributed by atoms with E-state index in [9.17, 15) is 0 Å². The van der Waals surface area contributed by atoms with Gasteiger partial charge in [-0.3, -0.25) is 0 Å². The van der Waals surface area contributed by atoms with Crippen molar-refractivity contribution in [1.82, 2.24) is 10.2 Å². The molecule has 0 amide bonds. The lowest BCUT2D eigenvalue weighted by molar-refractivity contribution is 0.196. The van der Waals surface area contributed by atoms with Crippen molar-refractivity contribution in [2.45, 2.75) is 38.1 Å². The van der Waals surface area contributed by atoms with Crippen molar-refractivity contribution in [3.63, 3.8) is 0 Å². The van der Waals surface area contributed by atoms with Crippen molar-refractivity contribution in [3.05, 3.63) is 35.9 Å². The van der Waals surface area contributed by atoms with Crippen molar-refractivity contribution < 1.29 is 0 Å². The molecule has 0 bridgehead atoms. The van der Waals surface area contributed by atoms with Crippen LogP contribution in [0, 0.1) is 0 Å². The highest BCUT2D eigenvalue weighted by Crippen LogP contribution is 2.20. The highest BCUT2D eigenvalue weighted by molar-refractivity contribution is 5.85. The molecule has 20 heavy (non-hydrogen) atoms. The fourth-order valence-electron chi connectivity index (χ4n) is 2.77. The highest BCUT2D eigenvalue weighted by atomic mass is 35.5. The second kappa shape index (κ2) is 10.4. The molecule has 1 aromatic rings. The molecule has 0 spiro atoms. The summed E-state index contributed by atoms with van der Waals surface area (Å²) in [4.78, 5) is 2.62. The van der Waals surface area contributed by atoms with Crippen LogP contribution >= 0.6 is 24.8 Å². The average molecular weight is 319 g/mol. The van der Waals surface area contributed by atoms with E-state index in [1.165, 1.54) is 44.5 Å². The molecular formula is C16H28Cl2N2. The Labute approximate surface area is 136 Å². The van der Waals surface area contributed by atoms with Crippen LogP contribution in [-0.4, -0.2) is 37.6 Å². The minimum atomic E-state index is 0. The second-order valence-electron chi connectivity index (χ2n) is 5.50. The summed E-state index contributed by atoms with van der Waals surface area (Å²) in [6.07, 6.45) is 3.88. The maximum absolute atomic E-state index is 3.39. The summed E-state index contributed by atoms with van der Waals surface area (Å²) in [5.41, 5.74) is 1.47. The Balaban J connectivity index is 0.00000180. The molecule has 1 heterocycles. The van der Waals surface area contributed by atoms with Crippen LogP contribution in [0.3, 0.4) is 0 Å². The van der Waals surface area contributed by atoms with E-state index >= 15 is 0 Å². The lowest BCUT2D eigenvalue weighted by Gasteiger charge is -2.32.